The molecule has 0 bridgehead atoms. The van der Waals surface area contributed by atoms with Crippen LogP contribution < -0.4 is 20.9 Å². The summed E-state index contributed by atoms with van der Waals surface area (Å²) in [5, 5.41) is 17.1. The maximum absolute atomic E-state index is 13.8. The van der Waals surface area contributed by atoms with E-state index in [1.165, 1.54) is 18.2 Å². The molecular formula is C30H33F2N7O3S. The molecule has 3 heterocycles. The molecule has 1 aromatic heterocycles. The third kappa shape index (κ3) is 6.19. The summed E-state index contributed by atoms with van der Waals surface area (Å²) in [7, 11) is -2.15. The van der Waals surface area contributed by atoms with Crippen LogP contribution in [0.3, 0.4) is 0 Å². The summed E-state index contributed by atoms with van der Waals surface area (Å²) < 4.78 is 54.0. The molecule has 6 rings (SSSR count). The van der Waals surface area contributed by atoms with Crippen LogP contribution in [-0.4, -0.2) is 81.8 Å². The number of benzene rings is 3. The van der Waals surface area contributed by atoms with Gasteiger partial charge in [0.25, 0.3) is 5.91 Å². The number of likely N-dealkylation sites (N-methyl/N-ethyl adjacent to an activating group) is 1. The van der Waals surface area contributed by atoms with Crippen LogP contribution in [0.2, 0.25) is 0 Å². The van der Waals surface area contributed by atoms with Crippen LogP contribution in [0, 0.1) is 11.6 Å². The summed E-state index contributed by atoms with van der Waals surface area (Å²) in [6.07, 6.45) is 1.85. The van der Waals surface area contributed by atoms with E-state index >= 15 is 0 Å². The Kier molecular flexibility index (Phi) is 8.03. The predicted molar refractivity (Wildman–Crippen MR) is 162 cm³/mol. The topological polar surface area (TPSA) is 122 Å². The molecule has 43 heavy (non-hydrogen) atoms. The molecule has 0 aliphatic carbocycles. The molecule has 3 aromatic carbocycles. The molecule has 0 saturated carbocycles. The molecule has 13 heteroatoms. The van der Waals surface area contributed by atoms with Gasteiger partial charge in [0.2, 0.25) is 9.84 Å². The van der Waals surface area contributed by atoms with Crippen molar-refractivity contribution >= 4 is 43.8 Å². The van der Waals surface area contributed by atoms with Gasteiger partial charge in [0.1, 0.15) is 11.6 Å². The molecule has 2 fully saturated rings. The first-order valence-electron chi connectivity index (χ1n) is 14.2. The Balaban J connectivity index is 1.30. The van der Waals surface area contributed by atoms with E-state index in [2.05, 4.69) is 43.0 Å². The summed E-state index contributed by atoms with van der Waals surface area (Å²) in [5.41, 5.74) is 2.68. The molecule has 2 saturated heterocycles. The van der Waals surface area contributed by atoms with Gasteiger partial charge in [-0.15, -0.1) is 0 Å². The number of hydrogen-bond acceptors (Lipinski definition) is 8. The lowest BCUT2D eigenvalue weighted by Crippen LogP contribution is -2.44. The Bertz CT molecular complexity index is 1740. The van der Waals surface area contributed by atoms with E-state index in [0.29, 0.717) is 22.5 Å². The molecule has 0 radical (unpaired) electrons. The number of hydrogen-bond donors (Lipinski definition) is 4. The molecule has 0 unspecified atom stereocenters. The molecule has 1 amide bonds. The van der Waals surface area contributed by atoms with E-state index in [4.69, 9.17) is 0 Å². The molecule has 0 spiro atoms. The summed E-state index contributed by atoms with van der Waals surface area (Å²) >= 11 is 0. The van der Waals surface area contributed by atoms with Crippen molar-refractivity contribution in [2.24, 2.45) is 0 Å². The molecular weight excluding hydrogens is 576 g/mol. The summed E-state index contributed by atoms with van der Waals surface area (Å²) in [4.78, 5) is 17.6. The van der Waals surface area contributed by atoms with Crippen LogP contribution >= 0.6 is 0 Å². The second kappa shape index (κ2) is 11.9. The minimum atomic E-state index is -4.25. The van der Waals surface area contributed by atoms with Crippen LogP contribution in [-0.2, 0) is 9.84 Å². The van der Waals surface area contributed by atoms with Crippen molar-refractivity contribution in [3.63, 3.8) is 0 Å². The van der Waals surface area contributed by atoms with Gasteiger partial charge in [-0.3, -0.25) is 9.89 Å². The van der Waals surface area contributed by atoms with Crippen molar-refractivity contribution in [2.45, 2.75) is 28.7 Å². The molecule has 4 aromatic rings. The van der Waals surface area contributed by atoms with Gasteiger partial charge in [0, 0.05) is 55.0 Å². The normalized spacial score (nSPS) is 16.9. The third-order valence-electron chi connectivity index (χ3n) is 8.04. The minimum Gasteiger partial charge on any atom is -0.382 e. The van der Waals surface area contributed by atoms with Crippen molar-refractivity contribution in [1.29, 1.82) is 0 Å². The number of H-pyrrole nitrogens is 1. The number of carbonyl (C=O) groups is 1. The highest BCUT2D eigenvalue weighted by Crippen LogP contribution is 2.31. The Labute approximate surface area is 248 Å². The highest BCUT2D eigenvalue weighted by atomic mass is 32.2. The quantitative estimate of drug-likeness (QED) is 0.249. The molecule has 226 valence electrons. The van der Waals surface area contributed by atoms with Crippen molar-refractivity contribution in [1.82, 2.24) is 20.4 Å². The second-order valence-electron chi connectivity index (χ2n) is 11.0. The average Bonchev–Trinajstić information content (AvgIpc) is 3.39. The van der Waals surface area contributed by atoms with E-state index < -0.39 is 32.3 Å². The van der Waals surface area contributed by atoms with Crippen molar-refractivity contribution < 1.29 is 22.0 Å². The van der Waals surface area contributed by atoms with Crippen molar-refractivity contribution in [3.8, 4) is 0 Å². The summed E-state index contributed by atoms with van der Waals surface area (Å²) in [6.45, 7) is 5.48. The number of carbonyl (C=O) groups excluding carboxylic acids is 1. The third-order valence-corrected chi connectivity index (χ3v) is 9.77. The SMILES string of the molecule is CN1CCN(c2ccc(C(=O)Nc3n[nH]c4ccc(S(=O)(=O)c5cc(F)cc(F)c5)cc34)c(NC3CCNCC3)c2)CC1. The van der Waals surface area contributed by atoms with E-state index in [9.17, 15) is 22.0 Å². The van der Waals surface area contributed by atoms with E-state index in [1.54, 1.807) is 6.07 Å². The minimum absolute atomic E-state index is 0.137. The number of piperazine rings is 1. The van der Waals surface area contributed by atoms with Gasteiger partial charge in [-0.05, 0) is 81.5 Å². The first-order chi connectivity index (χ1) is 20.7. The smallest absolute Gasteiger partial charge is 0.258 e. The fourth-order valence-electron chi connectivity index (χ4n) is 5.55. The number of halogens is 2. The van der Waals surface area contributed by atoms with Gasteiger partial charge < -0.3 is 25.8 Å². The number of nitrogens with one attached hydrogen (secondary N) is 4. The summed E-state index contributed by atoms with van der Waals surface area (Å²) in [5.74, 6) is -2.26. The first-order valence-corrected chi connectivity index (χ1v) is 15.7. The maximum Gasteiger partial charge on any atom is 0.258 e. The zero-order chi connectivity index (χ0) is 30.1. The lowest BCUT2D eigenvalue weighted by atomic mass is 10.0. The number of aromatic amines is 1. The van der Waals surface area contributed by atoms with Gasteiger partial charge in [0.05, 0.1) is 20.9 Å². The molecule has 0 atom stereocenters. The summed E-state index contributed by atoms with van der Waals surface area (Å²) in [6, 6.07) is 12.3. The van der Waals surface area contributed by atoms with E-state index in [1.807, 2.05) is 12.1 Å². The van der Waals surface area contributed by atoms with Crippen LogP contribution in [0.15, 0.2) is 64.4 Å². The highest BCUT2D eigenvalue weighted by molar-refractivity contribution is 7.91. The van der Waals surface area contributed by atoms with Crippen molar-refractivity contribution in [3.05, 3.63) is 71.8 Å². The number of anilines is 3. The second-order valence-corrected chi connectivity index (χ2v) is 13.0. The Morgan fingerprint density at radius 3 is 2.37 bits per heavy atom. The molecule has 2 aliphatic rings. The van der Waals surface area contributed by atoms with E-state index in [-0.39, 0.29) is 16.8 Å². The van der Waals surface area contributed by atoms with Crippen LogP contribution in [0.25, 0.3) is 10.9 Å². The number of fused-ring (bicyclic) bond motifs is 1. The fourth-order valence-corrected chi connectivity index (χ4v) is 6.88. The van der Waals surface area contributed by atoms with Gasteiger partial charge in [-0.2, -0.15) is 5.10 Å². The average molecular weight is 610 g/mol. The lowest BCUT2D eigenvalue weighted by Gasteiger charge is -2.34. The standard InChI is InChI=1S/C30H33F2N7O3S/c1-38-10-12-39(13-11-38)22-2-4-25(28(17-22)34-21-6-8-33-9-7-21)30(40)35-29-26-18-23(3-5-27(26)36-37-29)43(41,42)24-15-19(31)14-20(32)16-24/h2-5,14-18,21,33-34H,6-13H2,1H3,(H2,35,36,37,40). The number of rotatable bonds is 7. The highest BCUT2D eigenvalue weighted by Gasteiger charge is 2.24. The molecule has 2 aliphatic heterocycles. The number of aromatic nitrogens is 2. The Hall–Kier alpha value is -4.07. The van der Waals surface area contributed by atoms with Gasteiger partial charge in [-0.1, -0.05) is 0 Å². The first kappa shape index (κ1) is 29.0. The Morgan fingerprint density at radius 1 is 0.930 bits per heavy atom. The number of amides is 1. The van der Waals surface area contributed by atoms with Crippen molar-refractivity contribution in [2.75, 3.05) is 61.8 Å². The van der Waals surface area contributed by atoms with Gasteiger partial charge in [-0.25, -0.2) is 17.2 Å². The monoisotopic (exact) mass is 609 g/mol. The molecule has 10 nitrogen and oxygen atoms in total. The zero-order valence-corrected chi connectivity index (χ0v) is 24.5. The van der Waals surface area contributed by atoms with Gasteiger partial charge >= 0.3 is 0 Å². The maximum atomic E-state index is 13.8. The Morgan fingerprint density at radius 2 is 1.65 bits per heavy atom. The molecule has 4 N–H and O–H groups in total. The van der Waals surface area contributed by atoms with E-state index in [0.717, 1.165) is 75.6 Å². The number of sulfone groups is 1. The van der Waals surface area contributed by atoms with Crippen LogP contribution in [0.4, 0.5) is 26.0 Å². The largest absolute Gasteiger partial charge is 0.382 e. The lowest BCUT2D eigenvalue weighted by molar-refractivity contribution is 0.102. The number of nitrogens with zero attached hydrogens (tertiary/aromatic N) is 3. The van der Waals surface area contributed by atoms with Crippen LogP contribution in [0.1, 0.15) is 23.2 Å². The predicted octanol–water partition coefficient (Wildman–Crippen LogP) is 3.84. The number of piperidine rings is 1. The van der Waals surface area contributed by atoms with Gasteiger partial charge in [0.15, 0.2) is 5.82 Å². The fraction of sp³-hybridized carbons (Fsp3) is 0.333. The zero-order valence-electron chi connectivity index (χ0n) is 23.7. The van der Waals surface area contributed by atoms with Crippen LogP contribution in [0.5, 0.6) is 0 Å².